The Kier molecular flexibility index (Phi) is 5.45. The van der Waals surface area contributed by atoms with E-state index in [2.05, 4.69) is 0 Å². The Labute approximate surface area is 132 Å². The van der Waals surface area contributed by atoms with Gasteiger partial charge >= 0.3 is 0 Å². The van der Waals surface area contributed by atoms with Gasteiger partial charge in [0.15, 0.2) is 0 Å². The molecule has 0 fully saturated rings. The zero-order chi connectivity index (χ0) is 16.4. The van der Waals surface area contributed by atoms with Gasteiger partial charge in [0.25, 0.3) is 5.91 Å². The van der Waals surface area contributed by atoms with Gasteiger partial charge in [-0.05, 0) is 51.5 Å². The van der Waals surface area contributed by atoms with Crippen LogP contribution in [0.1, 0.15) is 36.7 Å². The van der Waals surface area contributed by atoms with Gasteiger partial charge < -0.3 is 4.90 Å². The largest absolute Gasteiger partial charge is 0.333 e. The molecule has 0 bridgehead atoms. The Morgan fingerprint density at radius 2 is 1.86 bits per heavy atom. The van der Waals surface area contributed by atoms with Crippen LogP contribution in [-0.4, -0.2) is 43.3 Å². The van der Waals surface area contributed by atoms with Crippen molar-refractivity contribution in [2.45, 2.75) is 33.2 Å². The fraction of sp³-hybridized carbons (Fsp3) is 0.533. The lowest BCUT2D eigenvalue weighted by Crippen LogP contribution is -2.47. The van der Waals surface area contributed by atoms with Gasteiger partial charge in [0.1, 0.15) is 9.84 Å². The van der Waals surface area contributed by atoms with E-state index in [9.17, 15) is 13.2 Å². The molecule has 0 aromatic heterocycles. The molecule has 4 nitrogen and oxygen atoms in total. The van der Waals surface area contributed by atoms with Crippen molar-refractivity contribution in [1.82, 2.24) is 4.90 Å². The van der Waals surface area contributed by atoms with Crippen LogP contribution in [0.15, 0.2) is 18.2 Å². The molecule has 0 unspecified atom stereocenters. The van der Waals surface area contributed by atoms with E-state index >= 15 is 0 Å². The smallest absolute Gasteiger partial charge is 0.254 e. The van der Waals surface area contributed by atoms with E-state index < -0.39 is 15.4 Å². The number of aryl methyl sites for hydroxylation is 1. The molecule has 0 aliphatic carbocycles. The lowest BCUT2D eigenvalue weighted by atomic mass is 10.0. The van der Waals surface area contributed by atoms with Gasteiger partial charge in [0.2, 0.25) is 0 Å². The van der Waals surface area contributed by atoms with Crippen molar-refractivity contribution in [3.8, 4) is 0 Å². The molecule has 0 atom stereocenters. The summed E-state index contributed by atoms with van der Waals surface area (Å²) < 4.78 is 22.8. The van der Waals surface area contributed by atoms with Crippen molar-refractivity contribution >= 4 is 27.3 Å². The summed E-state index contributed by atoms with van der Waals surface area (Å²) in [5.74, 6) is -0.233. The zero-order valence-corrected chi connectivity index (χ0v) is 14.7. The highest BCUT2D eigenvalue weighted by molar-refractivity contribution is 7.90. The molecule has 0 spiro atoms. The second kappa shape index (κ2) is 6.36. The number of sulfone groups is 1. The van der Waals surface area contributed by atoms with Crippen LogP contribution in [0.3, 0.4) is 0 Å². The third kappa shape index (κ3) is 5.32. The van der Waals surface area contributed by atoms with Gasteiger partial charge in [-0.2, -0.15) is 0 Å². The highest BCUT2D eigenvalue weighted by Gasteiger charge is 2.28. The van der Waals surface area contributed by atoms with Crippen LogP contribution in [0.25, 0.3) is 0 Å². The van der Waals surface area contributed by atoms with Crippen LogP contribution in [0.5, 0.6) is 0 Å². The maximum absolute atomic E-state index is 12.7. The summed E-state index contributed by atoms with van der Waals surface area (Å²) in [6.07, 6.45) is 1.17. The van der Waals surface area contributed by atoms with Crippen molar-refractivity contribution in [2.75, 3.05) is 18.6 Å². The molecule has 0 N–H and O–H groups in total. The molecule has 6 heteroatoms. The van der Waals surface area contributed by atoms with Gasteiger partial charge in [0, 0.05) is 28.9 Å². The summed E-state index contributed by atoms with van der Waals surface area (Å²) in [7, 11) is -3.13. The van der Waals surface area contributed by atoms with E-state index in [1.54, 1.807) is 23.1 Å². The number of hydrogen-bond donors (Lipinski definition) is 0. The zero-order valence-electron chi connectivity index (χ0n) is 13.1. The highest BCUT2D eigenvalue weighted by atomic mass is 35.5. The third-order valence-corrected chi connectivity index (χ3v) is 4.32. The maximum Gasteiger partial charge on any atom is 0.254 e. The first-order valence-electron chi connectivity index (χ1n) is 6.67. The molecule has 118 valence electrons. The van der Waals surface area contributed by atoms with Crippen LogP contribution < -0.4 is 0 Å². The van der Waals surface area contributed by atoms with Gasteiger partial charge in [-0.1, -0.05) is 11.6 Å². The van der Waals surface area contributed by atoms with Gasteiger partial charge in [-0.3, -0.25) is 4.79 Å². The van der Waals surface area contributed by atoms with Crippen LogP contribution in [-0.2, 0) is 9.84 Å². The van der Waals surface area contributed by atoms with Crippen molar-refractivity contribution in [3.63, 3.8) is 0 Å². The van der Waals surface area contributed by atoms with Gasteiger partial charge in [-0.15, -0.1) is 0 Å². The Hall–Kier alpha value is -1.07. The molecule has 21 heavy (non-hydrogen) atoms. The van der Waals surface area contributed by atoms with E-state index in [1.165, 1.54) is 6.26 Å². The number of carbonyl (C=O) groups is 1. The van der Waals surface area contributed by atoms with Gasteiger partial charge in [0.05, 0.1) is 5.75 Å². The van der Waals surface area contributed by atoms with Crippen molar-refractivity contribution < 1.29 is 13.2 Å². The maximum atomic E-state index is 12.7. The molecule has 1 rings (SSSR count). The number of benzene rings is 1. The summed E-state index contributed by atoms with van der Waals surface area (Å²) in [6, 6.07) is 5.07. The second-order valence-corrected chi connectivity index (χ2v) is 8.91. The molecule has 0 saturated carbocycles. The first-order valence-corrected chi connectivity index (χ1v) is 9.11. The molecule has 1 amide bonds. The minimum absolute atomic E-state index is 0.0529. The fourth-order valence-corrected chi connectivity index (χ4v) is 2.75. The summed E-state index contributed by atoms with van der Waals surface area (Å²) in [6.45, 7) is 7.65. The van der Waals surface area contributed by atoms with E-state index in [-0.39, 0.29) is 18.2 Å². The fourth-order valence-electron chi connectivity index (χ4n) is 2.01. The van der Waals surface area contributed by atoms with Crippen molar-refractivity contribution in [2.24, 2.45) is 0 Å². The first-order chi connectivity index (χ1) is 9.42. The lowest BCUT2D eigenvalue weighted by Gasteiger charge is -2.36. The van der Waals surface area contributed by atoms with Crippen LogP contribution in [0, 0.1) is 6.92 Å². The predicted octanol–water partition coefficient (Wildman–Crippen LogP) is 2.93. The summed E-state index contributed by atoms with van der Waals surface area (Å²) in [5, 5.41) is 0.572. The topological polar surface area (TPSA) is 54.5 Å². The Bertz CT molecular complexity index is 633. The molecule has 0 heterocycles. The summed E-state index contributed by atoms with van der Waals surface area (Å²) >= 11 is 5.91. The summed E-state index contributed by atoms with van der Waals surface area (Å²) in [4.78, 5) is 14.3. The Morgan fingerprint density at radius 1 is 1.29 bits per heavy atom. The number of hydrogen-bond acceptors (Lipinski definition) is 3. The van der Waals surface area contributed by atoms with Crippen LogP contribution in [0.4, 0.5) is 0 Å². The number of amides is 1. The minimum atomic E-state index is -3.13. The molecule has 0 radical (unpaired) electrons. The average Bonchev–Trinajstić information content (AvgIpc) is 2.25. The van der Waals surface area contributed by atoms with E-state index in [1.807, 2.05) is 27.7 Å². The first kappa shape index (κ1) is 18.0. The monoisotopic (exact) mass is 331 g/mol. The van der Waals surface area contributed by atoms with E-state index in [0.717, 1.165) is 5.56 Å². The van der Waals surface area contributed by atoms with E-state index in [4.69, 9.17) is 11.6 Å². The van der Waals surface area contributed by atoms with Gasteiger partial charge in [-0.25, -0.2) is 8.42 Å². The number of nitrogens with zero attached hydrogens (tertiary/aromatic N) is 1. The minimum Gasteiger partial charge on any atom is -0.333 e. The normalized spacial score (nSPS) is 12.3. The standard InChI is InChI=1S/C15H22ClNO3S/c1-11-10-12(16)6-7-13(11)14(18)17(15(2,3)4)8-9-21(5,19)20/h6-7,10H,8-9H2,1-5H3. The Balaban J connectivity index is 3.11. The molecular weight excluding hydrogens is 310 g/mol. The second-order valence-electron chi connectivity index (χ2n) is 6.22. The number of halogens is 1. The molecule has 1 aromatic carbocycles. The van der Waals surface area contributed by atoms with Crippen molar-refractivity contribution in [3.05, 3.63) is 34.3 Å². The number of rotatable bonds is 4. The van der Waals surface area contributed by atoms with Crippen LogP contribution in [0.2, 0.25) is 5.02 Å². The predicted molar refractivity (Wildman–Crippen MR) is 86.7 cm³/mol. The molecule has 0 aliphatic heterocycles. The average molecular weight is 332 g/mol. The summed E-state index contributed by atoms with van der Waals surface area (Å²) in [5.41, 5.74) is 0.859. The molecule has 0 saturated heterocycles. The molecule has 0 aliphatic rings. The third-order valence-electron chi connectivity index (χ3n) is 3.16. The molecule has 1 aromatic rings. The highest BCUT2D eigenvalue weighted by Crippen LogP contribution is 2.21. The SMILES string of the molecule is Cc1cc(Cl)ccc1C(=O)N(CCS(C)(=O)=O)C(C)(C)C. The Morgan fingerprint density at radius 3 is 2.29 bits per heavy atom. The quantitative estimate of drug-likeness (QED) is 0.852. The number of carbonyl (C=O) groups excluding carboxylic acids is 1. The molecular formula is C15H22ClNO3S. The van der Waals surface area contributed by atoms with E-state index in [0.29, 0.717) is 10.6 Å². The van der Waals surface area contributed by atoms with Crippen molar-refractivity contribution in [1.29, 1.82) is 0 Å². The van der Waals surface area contributed by atoms with Crippen LogP contribution >= 0.6 is 11.6 Å². The lowest BCUT2D eigenvalue weighted by molar-refractivity contribution is 0.0600.